The third-order valence-electron chi connectivity index (χ3n) is 15.7. The Balaban J connectivity index is 0.000000146. The number of hydrogen-bond donors (Lipinski definition) is 4. The van der Waals surface area contributed by atoms with E-state index in [0.717, 1.165) is 73.2 Å². The van der Waals surface area contributed by atoms with Crippen LogP contribution in [0.4, 0.5) is 11.4 Å². The summed E-state index contributed by atoms with van der Waals surface area (Å²) in [6.07, 6.45) is 6.48. The van der Waals surface area contributed by atoms with Gasteiger partial charge in [0.25, 0.3) is 10.0 Å². The van der Waals surface area contributed by atoms with Crippen molar-refractivity contribution in [3.63, 3.8) is 0 Å². The van der Waals surface area contributed by atoms with Gasteiger partial charge in [-0.05, 0) is 118 Å². The molecule has 24 heteroatoms. The van der Waals surface area contributed by atoms with Crippen LogP contribution in [-0.2, 0) is 38.5 Å². The number of imidazole rings is 2. The molecule has 0 aliphatic carbocycles. The molecule has 0 unspecified atom stereocenters. The van der Waals surface area contributed by atoms with Gasteiger partial charge in [0.15, 0.2) is 11.3 Å². The highest BCUT2D eigenvalue weighted by Gasteiger charge is 2.51. The maximum atomic E-state index is 13.4. The van der Waals surface area contributed by atoms with E-state index in [4.69, 9.17) is 19.0 Å². The number of β-amino-alcohol motifs (C(OH)–C–C–N with tert-alkyl or cyclic N) is 1. The molecule has 12 rings (SSSR count). The van der Waals surface area contributed by atoms with Crippen LogP contribution in [0.15, 0.2) is 119 Å². The number of aromatic nitrogens is 8. The number of aliphatic hydroxyl groups is 1. The molecule has 0 spiro atoms. The number of fused-ring (bicyclic) bond motifs is 6. The molecule has 3 aliphatic heterocycles. The lowest BCUT2D eigenvalue weighted by atomic mass is 9.79. The third-order valence-corrected chi connectivity index (χ3v) is 17.9. The van der Waals surface area contributed by atoms with Crippen LogP contribution >= 0.6 is 15.9 Å². The summed E-state index contributed by atoms with van der Waals surface area (Å²) >= 11 is 3.47. The van der Waals surface area contributed by atoms with Crippen molar-refractivity contribution in [1.82, 2.24) is 47.5 Å². The number of anilines is 2. The van der Waals surface area contributed by atoms with Crippen LogP contribution in [0.5, 0.6) is 0 Å². The van der Waals surface area contributed by atoms with Crippen molar-refractivity contribution >= 4 is 101 Å². The van der Waals surface area contributed by atoms with Crippen LogP contribution in [0.2, 0.25) is 0 Å². The summed E-state index contributed by atoms with van der Waals surface area (Å²) < 4.78 is 49.7. The summed E-state index contributed by atoms with van der Waals surface area (Å²) in [5.74, 6) is 0.606. The lowest BCUT2D eigenvalue weighted by molar-refractivity contribution is -0.146. The van der Waals surface area contributed by atoms with Gasteiger partial charge in [-0.2, -0.15) is 0 Å². The molecule has 6 aromatic heterocycles. The summed E-state index contributed by atoms with van der Waals surface area (Å²) in [4.78, 5) is 61.4. The van der Waals surface area contributed by atoms with Crippen molar-refractivity contribution in [2.75, 3.05) is 36.8 Å². The third kappa shape index (κ3) is 11.5. The van der Waals surface area contributed by atoms with Crippen LogP contribution in [-0.4, -0.2) is 136 Å². The van der Waals surface area contributed by atoms with Crippen LogP contribution < -0.4 is 16.1 Å². The van der Waals surface area contributed by atoms with Crippen LogP contribution in [0, 0.1) is 6.92 Å². The monoisotopic (exact) mass is 1210 g/mol. The fourth-order valence-corrected chi connectivity index (χ4v) is 12.6. The maximum Gasteiger partial charge on any atom is 0.494 e. The second-order valence-electron chi connectivity index (χ2n) is 22.0. The first-order chi connectivity index (χ1) is 39.5. The second-order valence-corrected chi connectivity index (χ2v) is 24.5. The van der Waals surface area contributed by atoms with Gasteiger partial charge in [0.2, 0.25) is 11.8 Å². The molecule has 3 aliphatic rings. The normalized spacial score (nSPS) is 19.3. The van der Waals surface area contributed by atoms with Gasteiger partial charge in [-0.15, -0.1) is 0 Å². The zero-order chi connectivity index (χ0) is 59.3. The van der Waals surface area contributed by atoms with E-state index in [1.54, 1.807) is 50.7 Å². The quantitative estimate of drug-likeness (QED) is 0.0700. The Kier molecular flexibility index (Phi) is 16.4. The van der Waals surface area contributed by atoms with Gasteiger partial charge in [0.05, 0.1) is 81.0 Å². The average molecular weight is 1210 g/mol. The number of carbonyl (C=O) groups excluding carboxylic acids is 3. The number of nitrogens with zero attached hydrogens (tertiary/aromatic N) is 9. The first-order valence-corrected chi connectivity index (χ1v) is 29.9. The number of halogens is 1. The van der Waals surface area contributed by atoms with Gasteiger partial charge in [-0.25, -0.2) is 32.3 Å². The number of aryl methyl sites for hydroxylation is 1. The van der Waals surface area contributed by atoms with Crippen LogP contribution in [0.3, 0.4) is 0 Å². The molecule has 0 radical (unpaired) electrons. The first-order valence-electron chi connectivity index (χ1n) is 27.6. The van der Waals surface area contributed by atoms with Gasteiger partial charge in [0, 0.05) is 82.6 Å². The number of likely N-dealkylation sites (tertiary alicyclic amines) is 2. The van der Waals surface area contributed by atoms with Gasteiger partial charge in [-0.3, -0.25) is 23.2 Å². The Hall–Kier alpha value is -7.64. The number of esters is 1. The summed E-state index contributed by atoms with van der Waals surface area (Å²) in [5, 5.41) is 16.9. The van der Waals surface area contributed by atoms with E-state index in [2.05, 4.69) is 117 Å². The van der Waals surface area contributed by atoms with Crippen LogP contribution in [0.1, 0.15) is 104 Å². The zero-order valence-electron chi connectivity index (χ0n) is 48.0. The molecule has 434 valence electrons. The lowest BCUT2D eigenvalue weighted by Gasteiger charge is -2.32. The number of ether oxygens (including phenoxy) is 1. The molecular weight excluding hydrogens is 1140 g/mol. The van der Waals surface area contributed by atoms with Gasteiger partial charge in [-0.1, -0.05) is 42.0 Å². The molecule has 21 nitrogen and oxygen atoms in total. The Morgan fingerprint density at radius 3 is 1.94 bits per heavy atom. The fourth-order valence-electron chi connectivity index (χ4n) is 10.9. The minimum Gasteiger partial charge on any atom is -0.461 e. The van der Waals surface area contributed by atoms with Crippen molar-refractivity contribution in [2.45, 2.75) is 122 Å². The lowest BCUT2D eigenvalue weighted by Crippen LogP contribution is -2.41. The SMILES string of the molecule is CC(=O)O[C@@H]1C[C@H](c2nc(Br)c3cnc4c(ccn4S(=O)(=O)c4ccc(C)cc4)n23)N(C(C)=O)C1.CCNc1ccc(-c2nc([C@H]3C[C@@H](O)CN3C(C)=O)n3c2cnc2[nH]ccc23)cc1.CCNc1ccc(B2OC(C)(C)C(C)(C)O2)cc1. The number of carbonyl (C=O) groups is 3. The highest BCUT2D eigenvalue weighted by atomic mass is 79.9. The molecule has 9 aromatic rings. The smallest absolute Gasteiger partial charge is 0.461 e. The Bertz CT molecular complexity index is 3980. The zero-order valence-corrected chi connectivity index (χ0v) is 50.4. The van der Waals surface area contributed by atoms with Crippen molar-refractivity contribution in [3.8, 4) is 11.3 Å². The van der Waals surface area contributed by atoms with Crippen molar-refractivity contribution < 1.29 is 42.0 Å². The molecule has 83 heavy (non-hydrogen) atoms. The summed E-state index contributed by atoms with van der Waals surface area (Å²) in [6, 6.07) is 25.8. The van der Waals surface area contributed by atoms with E-state index < -0.39 is 34.2 Å². The van der Waals surface area contributed by atoms with Crippen molar-refractivity contribution in [1.29, 1.82) is 0 Å². The predicted molar refractivity (Wildman–Crippen MR) is 322 cm³/mol. The number of benzene rings is 3. The van der Waals surface area contributed by atoms with Crippen molar-refractivity contribution in [2.24, 2.45) is 0 Å². The fraction of sp³-hybridized carbons (Fsp3) is 0.373. The minimum absolute atomic E-state index is 0.0655. The number of rotatable bonds is 11. The number of aliphatic hydroxyl groups excluding tert-OH is 1. The molecule has 0 bridgehead atoms. The highest BCUT2D eigenvalue weighted by molar-refractivity contribution is 9.10. The molecule has 0 saturated carbocycles. The molecular formula is C59H68BBrN12O9S. The largest absolute Gasteiger partial charge is 0.494 e. The van der Waals surface area contributed by atoms with Gasteiger partial charge >= 0.3 is 13.1 Å². The standard InChI is InChI=1S/C23H22BrN5O5S.C22H24N6O2.C14H22BNO2/c1-13-4-6-17(7-5-13)35(32,33)28-9-8-18-22(28)25-11-20-21(24)26-23(29(18)20)19-10-16(34-15(3)31)12-27(19)14(2)30;1-3-23-15-6-4-14(5-7-15)20-19-11-25-21-17(8-9-24-21)28(19)22(26-20)18-10-16(30)12-27(18)13(2)29;1-6-16-12-9-7-11(8-10-12)15-17-13(2,3)14(4,5)18-15/h4-9,11,16,19H,10,12H2,1-3H3;4-9,11,16,18,23-24,30H,3,10,12H2,1-2H3;7-10,16H,6H2,1-5H3/t16-,19-;16-,18-;/m11./s1. The summed E-state index contributed by atoms with van der Waals surface area (Å²) in [6.45, 7) is 21.0. The second kappa shape index (κ2) is 23.2. The van der Waals surface area contributed by atoms with E-state index in [1.807, 2.05) is 49.6 Å². The minimum atomic E-state index is -3.89. The van der Waals surface area contributed by atoms with E-state index >= 15 is 0 Å². The maximum absolute atomic E-state index is 13.4. The van der Waals surface area contributed by atoms with E-state index in [1.165, 1.54) is 27.0 Å². The molecule has 4 atom stereocenters. The Labute approximate surface area is 490 Å². The average Bonchev–Trinajstić information content (AvgIpc) is 2.76. The van der Waals surface area contributed by atoms with Gasteiger partial charge < -0.3 is 44.6 Å². The molecule has 3 fully saturated rings. The van der Waals surface area contributed by atoms with Crippen molar-refractivity contribution in [3.05, 3.63) is 132 Å². The molecule has 4 N–H and O–H groups in total. The number of hydrogen-bond acceptors (Lipinski definition) is 15. The first kappa shape index (κ1) is 58.6. The molecule has 3 aromatic carbocycles. The predicted octanol–water partition coefficient (Wildman–Crippen LogP) is 8.60. The van der Waals surface area contributed by atoms with E-state index in [-0.39, 0.29) is 53.3 Å². The molecule has 3 saturated heterocycles. The molecule has 2 amide bonds. The summed E-state index contributed by atoms with van der Waals surface area (Å²) in [7, 11) is -4.17. The Morgan fingerprint density at radius 2 is 1.33 bits per heavy atom. The topological polar surface area (TPSA) is 245 Å². The van der Waals surface area contributed by atoms with Crippen LogP contribution in [0.25, 0.3) is 44.6 Å². The number of amides is 2. The van der Waals surface area contributed by atoms with Gasteiger partial charge in [0.1, 0.15) is 22.4 Å². The molecule has 9 heterocycles. The number of nitrogens with one attached hydrogen (secondary N) is 3. The highest BCUT2D eigenvalue weighted by Crippen LogP contribution is 2.40. The number of aromatic amines is 1. The van der Waals surface area contributed by atoms with E-state index in [0.29, 0.717) is 40.8 Å². The summed E-state index contributed by atoms with van der Waals surface area (Å²) in [5.41, 5.74) is 9.32. The number of H-pyrrole nitrogens is 1. The Morgan fingerprint density at radius 1 is 0.747 bits per heavy atom. The van der Waals surface area contributed by atoms with E-state index in [9.17, 15) is 27.9 Å².